The highest BCUT2D eigenvalue weighted by Crippen LogP contribution is 2.21. The fourth-order valence-electron chi connectivity index (χ4n) is 2.38. The molecule has 0 aromatic heterocycles. The molecular formula is C16H24N2O5S. The summed E-state index contributed by atoms with van der Waals surface area (Å²) in [7, 11) is -3.70. The van der Waals surface area contributed by atoms with Gasteiger partial charge in [0.1, 0.15) is 17.5 Å². The number of ether oxygens (including phenoxy) is 2. The average Bonchev–Trinajstić information content (AvgIpc) is 2.46. The summed E-state index contributed by atoms with van der Waals surface area (Å²) in [5.41, 5.74) is -0.504. The second kappa shape index (κ2) is 6.98. The summed E-state index contributed by atoms with van der Waals surface area (Å²) < 4.78 is 33.6. The van der Waals surface area contributed by atoms with Crippen LogP contribution in [0.25, 0.3) is 0 Å². The quantitative estimate of drug-likeness (QED) is 0.894. The first kappa shape index (κ1) is 18.5. The van der Waals surface area contributed by atoms with E-state index < -0.39 is 15.6 Å². The predicted molar refractivity (Wildman–Crippen MR) is 89.3 cm³/mol. The van der Waals surface area contributed by atoms with Crippen LogP contribution in [0.15, 0.2) is 29.2 Å². The lowest BCUT2D eigenvalue weighted by Gasteiger charge is -2.33. The zero-order chi connectivity index (χ0) is 18.0. The van der Waals surface area contributed by atoms with Gasteiger partial charge in [0.25, 0.3) is 0 Å². The largest absolute Gasteiger partial charge is 0.490 e. The highest BCUT2D eigenvalue weighted by atomic mass is 32.2. The van der Waals surface area contributed by atoms with Gasteiger partial charge >= 0.3 is 6.09 Å². The molecule has 2 rings (SSSR count). The lowest BCUT2D eigenvalue weighted by Crippen LogP contribution is -2.44. The van der Waals surface area contributed by atoms with Crippen molar-refractivity contribution in [1.29, 1.82) is 0 Å². The second-order valence-electron chi connectivity index (χ2n) is 6.80. The minimum absolute atomic E-state index is 0.0241. The van der Waals surface area contributed by atoms with Crippen molar-refractivity contribution in [3.8, 4) is 5.75 Å². The summed E-state index contributed by atoms with van der Waals surface area (Å²) >= 11 is 0. The van der Waals surface area contributed by atoms with E-state index in [1.165, 1.54) is 12.1 Å². The van der Waals surface area contributed by atoms with E-state index in [0.717, 1.165) is 0 Å². The smallest absolute Gasteiger partial charge is 0.410 e. The van der Waals surface area contributed by atoms with E-state index in [0.29, 0.717) is 31.7 Å². The monoisotopic (exact) mass is 356 g/mol. The lowest BCUT2D eigenvalue weighted by atomic mass is 10.1. The molecule has 0 spiro atoms. The molecule has 0 atom stereocenters. The van der Waals surface area contributed by atoms with Gasteiger partial charge in [-0.15, -0.1) is 0 Å². The first-order valence-electron chi connectivity index (χ1n) is 7.82. The molecule has 1 aliphatic heterocycles. The Hall–Kier alpha value is -1.80. The number of sulfonamides is 1. The number of rotatable bonds is 3. The van der Waals surface area contributed by atoms with Gasteiger partial charge in [0, 0.05) is 25.9 Å². The Morgan fingerprint density at radius 2 is 1.71 bits per heavy atom. The SMILES string of the molecule is CC(C)(C)OC(=O)N1CCC(Oc2ccc(S(N)(=O)=O)cc2)CC1. The van der Waals surface area contributed by atoms with E-state index in [4.69, 9.17) is 14.6 Å². The zero-order valence-corrected chi connectivity index (χ0v) is 15.0. The molecule has 1 aromatic rings. The number of nitrogens with zero attached hydrogens (tertiary/aromatic N) is 1. The number of carbonyl (C=O) groups is 1. The minimum atomic E-state index is -3.70. The summed E-state index contributed by atoms with van der Waals surface area (Å²) in [4.78, 5) is 13.7. The van der Waals surface area contributed by atoms with Gasteiger partial charge in [0.05, 0.1) is 4.90 Å². The van der Waals surface area contributed by atoms with Crippen molar-refractivity contribution in [2.75, 3.05) is 13.1 Å². The van der Waals surface area contributed by atoms with Gasteiger partial charge < -0.3 is 14.4 Å². The van der Waals surface area contributed by atoms with Crippen LogP contribution in [0, 0.1) is 0 Å². The molecule has 134 valence electrons. The second-order valence-corrected chi connectivity index (χ2v) is 8.36. The van der Waals surface area contributed by atoms with Crippen molar-refractivity contribution in [2.45, 2.75) is 50.2 Å². The number of piperidine rings is 1. The number of amides is 1. The molecule has 7 nitrogen and oxygen atoms in total. The Kier molecular flexibility index (Phi) is 5.39. The molecule has 0 unspecified atom stereocenters. The highest BCUT2D eigenvalue weighted by molar-refractivity contribution is 7.89. The first-order valence-corrected chi connectivity index (χ1v) is 9.37. The Bertz CT molecular complexity index is 671. The van der Waals surface area contributed by atoms with E-state index in [9.17, 15) is 13.2 Å². The number of primary sulfonamides is 1. The third kappa shape index (κ3) is 5.38. The van der Waals surface area contributed by atoms with Gasteiger partial charge in [-0.1, -0.05) is 0 Å². The molecule has 2 N–H and O–H groups in total. The van der Waals surface area contributed by atoms with Crippen molar-refractivity contribution in [3.63, 3.8) is 0 Å². The average molecular weight is 356 g/mol. The van der Waals surface area contributed by atoms with Crippen LogP contribution in [0.3, 0.4) is 0 Å². The van der Waals surface area contributed by atoms with Crippen LogP contribution in [0.4, 0.5) is 4.79 Å². The van der Waals surface area contributed by atoms with Crippen LogP contribution in [-0.2, 0) is 14.8 Å². The number of likely N-dealkylation sites (tertiary alicyclic amines) is 1. The van der Waals surface area contributed by atoms with Crippen LogP contribution < -0.4 is 9.88 Å². The molecule has 0 saturated carbocycles. The molecule has 0 aliphatic carbocycles. The lowest BCUT2D eigenvalue weighted by molar-refractivity contribution is 0.0126. The summed E-state index contributed by atoms with van der Waals surface area (Å²) in [5.74, 6) is 0.582. The fourth-order valence-corrected chi connectivity index (χ4v) is 2.90. The number of carbonyl (C=O) groups excluding carboxylic acids is 1. The molecule has 1 heterocycles. The Morgan fingerprint density at radius 1 is 1.17 bits per heavy atom. The predicted octanol–water partition coefficient (Wildman–Crippen LogP) is 2.11. The Morgan fingerprint density at radius 3 is 2.17 bits per heavy atom. The molecule has 0 bridgehead atoms. The van der Waals surface area contributed by atoms with Crippen LogP contribution in [-0.4, -0.2) is 44.2 Å². The van der Waals surface area contributed by atoms with Crippen LogP contribution in [0.5, 0.6) is 5.75 Å². The first-order chi connectivity index (χ1) is 11.0. The topological polar surface area (TPSA) is 98.9 Å². The van der Waals surface area contributed by atoms with Gasteiger partial charge in [0.2, 0.25) is 10.0 Å². The maximum absolute atomic E-state index is 12.0. The Balaban J connectivity index is 1.86. The Labute approximate surface area is 142 Å². The molecule has 1 aromatic carbocycles. The van der Waals surface area contributed by atoms with E-state index in [1.807, 2.05) is 20.8 Å². The number of hydrogen-bond donors (Lipinski definition) is 1. The molecule has 1 aliphatic rings. The number of benzene rings is 1. The highest BCUT2D eigenvalue weighted by Gasteiger charge is 2.27. The summed E-state index contributed by atoms with van der Waals surface area (Å²) in [6, 6.07) is 6.00. The molecule has 8 heteroatoms. The van der Waals surface area contributed by atoms with E-state index >= 15 is 0 Å². The maximum Gasteiger partial charge on any atom is 0.410 e. The fraction of sp³-hybridized carbons (Fsp3) is 0.562. The normalized spacial score (nSPS) is 16.8. The maximum atomic E-state index is 12.0. The van der Waals surface area contributed by atoms with E-state index in [-0.39, 0.29) is 17.1 Å². The molecule has 1 saturated heterocycles. The van der Waals surface area contributed by atoms with Crippen molar-refractivity contribution >= 4 is 16.1 Å². The van der Waals surface area contributed by atoms with Crippen molar-refractivity contribution in [3.05, 3.63) is 24.3 Å². The summed E-state index contributed by atoms with van der Waals surface area (Å²) in [5, 5.41) is 5.06. The van der Waals surface area contributed by atoms with E-state index in [2.05, 4.69) is 0 Å². The molecule has 0 radical (unpaired) electrons. The van der Waals surface area contributed by atoms with Gasteiger partial charge in [-0.25, -0.2) is 18.4 Å². The summed E-state index contributed by atoms with van der Waals surface area (Å²) in [6.45, 7) is 6.65. The van der Waals surface area contributed by atoms with Crippen LogP contribution in [0.2, 0.25) is 0 Å². The molecule has 24 heavy (non-hydrogen) atoms. The standard InChI is InChI=1S/C16H24N2O5S/c1-16(2,3)23-15(19)18-10-8-13(9-11-18)22-12-4-6-14(7-5-12)24(17,20)21/h4-7,13H,8-11H2,1-3H3,(H2,17,20,21). The third-order valence-electron chi connectivity index (χ3n) is 3.55. The molecule has 1 amide bonds. The van der Waals surface area contributed by atoms with Gasteiger partial charge in [-0.2, -0.15) is 0 Å². The van der Waals surface area contributed by atoms with E-state index in [1.54, 1.807) is 17.0 Å². The summed E-state index contributed by atoms with van der Waals surface area (Å²) in [6.07, 6.45) is 1.05. The van der Waals surface area contributed by atoms with Gasteiger partial charge in [0.15, 0.2) is 0 Å². The van der Waals surface area contributed by atoms with Gasteiger partial charge in [-0.05, 0) is 45.0 Å². The molecular weight excluding hydrogens is 332 g/mol. The third-order valence-corrected chi connectivity index (χ3v) is 4.48. The van der Waals surface area contributed by atoms with Crippen molar-refractivity contribution in [1.82, 2.24) is 4.90 Å². The molecule has 1 fully saturated rings. The van der Waals surface area contributed by atoms with Crippen LogP contribution >= 0.6 is 0 Å². The zero-order valence-electron chi connectivity index (χ0n) is 14.2. The number of nitrogens with two attached hydrogens (primary N) is 1. The van der Waals surface area contributed by atoms with Crippen molar-refractivity contribution in [2.24, 2.45) is 5.14 Å². The number of hydrogen-bond acceptors (Lipinski definition) is 5. The van der Waals surface area contributed by atoms with Gasteiger partial charge in [-0.3, -0.25) is 0 Å². The van der Waals surface area contributed by atoms with Crippen LogP contribution in [0.1, 0.15) is 33.6 Å². The van der Waals surface area contributed by atoms with Crippen molar-refractivity contribution < 1.29 is 22.7 Å². The minimum Gasteiger partial charge on any atom is -0.490 e.